The topological polar surface area (TPSA) is 67.4 Å². The van der Waals surface area contributed by atoms with E-state index in [9.17, 15) is 8.42 Å². The van der Waals surface area contributed by atoms with E-state index in [1.165, 1.54) is 7.11 Å². The molecule has 0 unspecified atom stereocenters. The molecule has 0 aromatic carbocycles. The highest BCUT2D eigenvalue weighted by atomic mass is 35.5. The van der Waals surface area contributed by atoms with Crippen LogP contribution in [0.5, 0.6) is 5.75 Å². The van der Waals surface area contributed by atoms with E-state index in [0.29, 0.717) is 18.8 Å². The van der Waals surface area contributed by atoms with Gasteiger partial charge in [-0.1, -0.05) is 6.92 Å². The van der Waals surface area contributed by atoms with Crippen LogP contribution in [-0.4, -0.2) is 35.2 Å². The number of ether oxygens (including phenoxy) is 1. The second-order valence-electron chi connectivity index (χ2n) is 3.03. The van der Waals surface area contributed by atoms with Crippen LogP contribution in [0, 0.1) is 0 Å². The van der Waals surface area contributed by atoms with E-state index in [4.69, 9.17) is 4.74 Å². The summed E-state index contributed by atoms with van der Waals surface area (Å²) in [5, 5.41) is 4.73. The van der Waals surface area contributed by atoms with Crippen molar-refractivity contribution in [2.24, 2.45) is 0 Å². The lowest BCUT2D eigenvalue weighted by atomic mass is 10.6. The van der Waals surface area contributed by atoms with Crippen LogP contribution in [0.4, 0.5) is 0 Å². The van der Waals surface area contributed by atoms with E-state index in [0.717, 1.165) is 17.9 Å². The van der Waals surface area contributed by atoms with Crippen LogP contribution in [0.25, 0.3) is 0 Å². The zero-order valence-corrected chi connectivity index (χ0v) is 12.2. The summed E-state index contributed by atoms with van der Waals surface area (Å²) < 4.78 is 31.4. The number of hydrogen-bond donors (Lipinski definition) is 2. The summed E-state index contributed by atoms with van der Waals surface area (Å²) in [4.78, 5) is 0. The molecule has 0 radical (unpaired) electrons. The monoisotopic (exact) mass is 300 g/mol. The minimum atomic E-state index is -3.44. The van der Waals surface area contributed by atoms with Crippen LogP contribution in [0.3, 0.4) is 0 Å². The summed E-state index contributed by atoms with van der Waals surface area (Å²) in [6.45, 7) is 3.78. The lowest BCUT2D eigenvalue weighted by molar-refractivity contribution is 0.406. The summed E-state index contributed by atoms with van der Waals surface area (Å²) in [6, 6.07) is 1.64. The molecule has 5 nitrogen and oxygen atoms in total. The van der Waals surface area contributed by atoms with Crippen molar-refractivity contribution >= 4 is 33.8 Å². The first-order chi connectivity index (χ1) is 7.61. The zero-order valence-electron chi connectivity index (χ0n) is 9.73. The van der Waals surface area contributed by atoms with Crippen molar-refractivity contribution in [3.63, 3.8) is 0 Å². The minimum absolute atomic E-state index is 0. The molecule has 0 saturated carbocycles. The first kappa shape index (κ1) is 16.7. The number of hydrogen-bond acceptors (Lipinski definition) is 5. The Morgan fingerprint density at radius 3 is 2.71 bits per heavy atom. The number of halogens is 1. The molecule has 0 fully saturated rings. The third-order valence-electron chi connectivity index (χ3n) is 1.90. The summed E-state index contributed by atoms with van der Waals surface area (Å²) in [5.74, 6) is 0.390. The molecule has 2 N–H and O–H groups in total. The predicted molar refractivity (Wildman–Crippen MR) is 71.9 cm³/mol. The van der Waals surface area contributed by atoms with Crippen LogP contribution < -0.4 is 14.8 Å². The van der Waals surface area contributed by atoms with E-state index in [1.807, 2.05) is 6.92 Å². The fraction of sp³-hybridized carbons (Fsp3) is 0.556. The van der Waals surface area contributed by atoms with Gasteiger partial charge in [0, 0.05) is 13.1 Å². The minimum Gasteiger partial charge on any atom is -0.494 e. The van der Waals surface area contributed by atoms with Gasteiger partial charge in [-0.2, -0.15) is 0 Å². The maximum Gasteiger partial charge on any atom is 0.253 e. The molecule has 0 bridgehead atoms. The molecule has 0 aliphatic carbocycles. The Labute approximate surface area is 112 Å². The lowest BCUT2D eigenvalue weighted by Crippen LogP contribution is -2.31. The largest absolute Gasteiger partial charge is 0.494 e. The maximum atomic E-state index is 11.8. The molecule has 8 heteroatoms. The predicted octanol–water partition coefficient (Wildman–Crippen LogP) is 1.07. The molecule has 0 spiro atoms. The number of sulfonamides is 1. The second-order valence-corrected chi connectivity index (χ2v) is 5.91. The van der Waals surface area contributed by atoms with E-state index < -0.39 is 10.0 Å². The molecule has 100 valence electrons. The van der Waals surface area contributed by atoms with Gasteiger partial charge in [-0.3, -0.25) is 0 Å². The fourth-order valence-corrected chi connectivity index (χ4v) is 3.50. The fourth-order valence-electron chi connectivity index (χ4n) is 1.15. The van der Waals surface area contributed by atoms with Gasteiger partial charge in [0.05, 0.1) is 7.11 Å². The molecule has 1 heterocycles. The number of nitrogens with one attached hydrogen (secondary N) is 2. The lowest BCUT2D eigenvalue weighted by Gasteiger charge is -2.06. The Bertz CT molecular complexity index is 420. The molecular formula is C9H17ClN2O3S2. The Balaban J connectivity index is 0.00000256. The van der Waals surface area contributed by atoms with Gasteiger partial charge in [0.25, 0.3) is 10.0 Å². The third kappa shape index (κ3) is 4.81. The SMILES string of the molecule is CCNCCNS(=O)(=O)c1sccc1OC.Cl. The van der Waals surface area contributed by atoms with Crippen LogP contribution in [-0.2, 0) is 10.0 Å². The van der Waals surface area contributed by atoms with E-state index in [1.54, 1.807) is 11.4 Å². The first-order valence-electron chi connectivity index (χ1n) is 4.93. The summed E-state index contributed by atoms with van der Waals surface area (Å²) in [7, 11) is -1.98. The second kappa shape index (κ2) is 7.88. The molecule has 1 aromatic heterocycles. The van der Waals surface area contributed by atoms with Gasteiger partial charge in [-0.15, -0.1) is 23.7 Å². The van der Waals surface area contributed by atoms with E-state index in [2.05, 4.69) is 10.0 Å². The number of rotatable bonds is 7. The van der Waals surface area contributed by atoms with E-state index >= 15 is 0 Å². The highest BCUT2D eigenvalue weighted by Crippen LogP contribution is 2.28. The summed E-state index contributed by atoms with van der Waals surface area (Å²) >= 11 is 1.15. The molecule has 0 saturated heterocycles. The van der Waals surface area contributed by atoms with Gasteiger partial charge in [0.2, 0.25) is 0 Å². The van der Waals surface area contributed by atoms with Gasteiger partial charge in [0.1, 0.15) is 5.75 Å². The number of thiophene rings is 1. The van der Waals surface area contributed by atoms with Gasteiger partial charge in [-0.25, -0.2) is 13.1 Å². The zero-order chi connectivity index (χ0) is 12.0. The van der Waals surface area contributed by atoms with Gasteiger partial charge in [-0.05, 0) is 18.0 Å². The molecule has 0 aliphatic rings. The molecule has 0 aliphatic heterocycles. The highest BCUT2D eigenvalue weighted by molar-refractivity contribution is 7.91. The summed E-state index contributed by atoms with van der Waals surface area (Å²) in [6.07, 6.45) is 0. The van der Waals surface area contributed by atoms with Gasteiger partial charge in [0.15, 0.2) is 4.21 Å². The normalized spacial score (nSPS) is 10.9. The molecule has 1 rings (SSSR count). The van der Waals surface area contributed by atoms with Crippen LogP contribution in [0.1, 0.15) is 6.92 Å². The van der Waals surface area contributed by atoms with Crippen molar-refractivity contribution in [1.29, 1.82) is 0 Å². The van der Waals surface area contributed by atoms with Gasteiger partial charge < -0.3 is 10.1 Å². The third-order valence-corrected chi connectivity index (χ3v) is 4.81. The maximum absolute atomic E-state index is 11.8. The Morgan fingerprint density at radius 1 is 1.41 bits per heavy atom. The molecular weight excluding hydrogens is 284 g/mol. The highest BCUT2D eigenvalue weighted by Gasteiger charge is 2.20. The Kier molecular flexibility index (Phi) is 7.73. The smallest absolute Gasteiger partial charge is 0.253 e. The van der Waals surface area contributed by atoms with Crippen molar-refractivity contribution < 1.29 is 13.2 Å². The Hall–Kier alpha value is -0.340. The van der Waals surface area contributed by atoms with Crippen molar-refractivity contribution in [1.82, 2.24) is 10.0 Å². The molecule has 0 atom stereocenters. The standard InChI is InChI=1S/C9H16N2O3S2.ClH/c1-3-10-5-6-11-16(12,13)9-8(14-2)4-7-15-9;/h4,7,10-11H,3,5-6H2,1-2H3;1H. The summed E-state index contributed by atoms with van der Waals surface area (Å²) in [5.41, 5.74) is 0. The van der Waals surface area contributed by atoms with Crippen molar-refractivity contribution in [3.05, 3.63) is 11.4 Å². The number of methoxy groups -OCH3 is 1. The van der Waals surface area contributed by atoms with Crippen LogP contribution in [0.15, 0.2) is 15.7 Å². The average molecular weight is 301 g/mol. The van der Waals surface area contributed by atoms with Gasteiger partial charge >= 0.3 is 0 Å². The van der Waals surface area contributed by atoms with E-state index in [-0.39, 0.29) is 16.6 Å². The quantitative estimate of drug-likeness (QED) is 0.739. The van der Waals surface area contributed by atoms with Crippen LogP contribution >= 0.6 is 23.7 Å². The van der Waals surface area contributed by atoms with Crippen molar-refractivity contribution in [2.45, 2.75) is 11.1 Å². The molecule has 17 heavy (non-hydrogen) atoms. The Morgan fingerprint density at radius 2 is 2.12 bits per heavy atom. The van der Waals surface area contributed by atoms with Crippen LogP contribution in [0.2, 0.25) is 0 Å². The molecule has 1 aromatic rings. The number of likely N-dealkylation sites (N-methyl/N-ethyl adjacent to an activating group) is 1. The van der Waals surface area contributed by atoms with Crippen molar-refractivity contribution in [2.75, 3.05) is 26.7 Å². The first-order valence-corrected chi connectivity index (χ1v) is 7.30. The average Bonchev–Trinajstić information content (AvgIpc) is 2.73. The molecule has 0 amide bonds. The van der Waals surface area contributed by atoms with Crippen molar-refractivity contribution in [3.8, 4) is 5.75 Å².